The first-order valence-electron chi connectivity index (χ1n) is 17.0. The predicted octanol–water partition coefficient (Wildman–Crippen LogP) is 7.65. The van der Waals surface area contributed by atoms with Crippen LogP contribution < -0.4 is 5.32 Å². The minimum atomic E-state index is -0.882. The SMILES string of the molecule is CC(C)[C@H](NC(=O)OC(C)(C)C)C(=O)OCCOC(=O)O[C@H]1CC[C@@]2(C)C(=CC[C@@H]3[C@@H]2CC[C@]2(C)C(c4cccnc4)=CC[C@@H]32)C1. The number of alkyl carbamates (subject to hydrolysis) is 1. The van der Waals surface area contributed by atoms with Gasteiger partial charge >= 0.3 is 18.2 Å². The first-order valence-corrected chi connectivity index (χ1v) is 17.0. The summed E-state index contributed by atoms with van der Waals surface area (Å²) in [6.07, 6.45) is 14.2. The highest BCUT2D eigenvalue weighted by Gasteiger charge is 2.57. The number of hydrogen-bond donors (Lipinski definition) is 1. The number of ether oxygens (including phenoxy) is 4. The van der Waals surface area contributed by atoms with Crippen molar-refractivity contribution in [1.29, 1.82) is 0 Å². The third kappa shape index (κ3) is 7.13. The Balaban J connectivity index is 1.09. The average molecular weight is 637 g/mol. The first kappa shape index (κ1) is 34.0. The molecule has 9 heteroatoms. The number of carbonyl (C=O) groups is 3. The Hall–Kier alpha value is -3.36. The van der Waals surface area contributed by atoms with Crippen molar-refractivity contribution in [2.45, 2.75) is 111 Å². The van der Waals surface area contributed by atoms with E-state index in [2.05, 4.69) is 42.4 Å². The molecule has 2 saturated carbocycles. The lowest BCUT2D eigenvalue weighted by atomic mass is 9.47. The van der Waals surface area contributed by atoms with Crippen molar-refractivity contribution in [2.24, 2.45) is 34.5 Å². The maximum atomic E-state index is 12.6. The van der Waals surface area contributed by atoms with Gasteiger partial charge in [0.15, 0.2) is 0 Å². The molecule has 0 aromatic carbocycles. The Labute approximate surface area is 273 Å². The molecule has 5 rings (SSSR count). The lowest BCUT2D eigenvalue weighted by molar-refractivity contribution is -0.148. The summed E-state index contributed by atoms with van der Waals surface area (Å²) in [4.78, 5) is 41.7. The van der Waals surface area contributed by atoms with Gasteiger partial charge in [0.2, 0.25) is 0 Å². The Morgan fingerprint density at radius 3 is 2.43 bits per heavy atom. The molecule has 9 nitrogen and oxygen atoms in total. The molecule has 0 unspecified atom stereocenters. The number of amides is 1. The van der Waals surface area contributed by atoms with E-state index < -0.39 is 29.9 Å². The van der Waals surface area contributed by atoms with Crippen LogP contribution in [0.25, 0.3) is 5.57 Å². The number of esters is 1. The first-order chi connectivity index (χ1) is 21.7. The molecular weight excluding hydrogens is 584 g/mol. The van der Waals surface area contributed by atoms with Gasteiger partial charge in [0.1, 0.15) is 31.0 Å². The number of nitrogens with one attached hydrogen (secondary N) is 1. The standard InChI is InChI=1S/C37H52N2O7/c1-23(2)31(39-33(41)46-35(3,4)5)32(40)43-19-20-44-34(42)45-26-14-16-36(6)25(21-26)10-11-27-29-13-12-28(24-9-8-18-38-22-24)37(29,7)17-15-30(27)36/h8-10,12,18,22-23,26-27,29-31H,11,13-17,19-21H2,1-7H3,(H,39,41)/t26-,27-,29-,30-,31-,36-,37+/m0/s1. The molecule has 0 bridgehead atoms. The third-order valence-corrected chi connectivity index (χ3v) is 11.0. The van der Waals surface area contributed by atoms with Crippen LogP contribution in [0.15, 0.2) is 42.3 Å². The number of aromatic nitrogens is 1. The summed E-state index contributed by atoms with van der Waals surface area (Å²) in [5.74, 6) is 1.09. The van der Waals surface area contributed by atoms with Crippen LogP contribution in [0.4, 0.5) is 9.59 Å². The molecule has 4 aliphatic carbocycles. The minimum absolute atomic E-state index is 0.125. The number of allylic oxidation sites excluding steroid dienone is 3. The predicted molar refractivity (Wildman–Crippen MR) is 174 cm³/mol. The lowest BCUT2D eigenvalue weighted by Crippen LogP contribution is -2.50. The van der Waals surface area contributed by atoms with Crippen LogP contribution >= 0.6 is 0 Å². The van der Waals surface area contributed by atoms with E-state index in [0.717, 1.165) is 32.1 Å². The second-order valence-corrected chi connectivity index (χ2v) is 15.4. The van der Waals surface area contributed by atoms with Gasteiger partial charge < -0.3 is 24.3 Å². The van der Waals surface area contributed by atoms with Crippen molar-refractivity contribution in [3.05, 3.63) is 47.8 Å². The largest absolute Gasteiger partial charge is 0.508 e. The highest BCUT2D eigenvalue weighted by Crippen LogP contribution is 2.66. The number of hydrogen-bond acceptors (Lipinski definition) is 8. The summed E-state index contributed by atoms with van der Waals surface area (Å²) < 4.78 is 21.5. The molecule has 0 radical (unpaired) electrons. The van der Waals surface area contributed by atoms with Crippen molar-refractivity contribution in [3.8, 4) is 0 Å². The van der Waals surface area contributed by atoms with Crippen LogP contribution in [-0.4, -0.2) is 54.2 Å². The zero-order valence-corrected chi connectivity index (χ0v) is 28.6. The maximum absolute atomic E-state index is 12.6. The Bertz CT molecular complexity index is 1350. The fraction of sp³-hybridized carbons (Fsp3) is 0.676. The summed E-state index contributed by atoms with van der Waals surface area (Å²) in [5, 5.41) is 2.56. The van der Waals surface area contributed by atoms with E-state index in [1.807, 2.05) is 18.5 Å². The monoisotopic (exact) mass is 636 g/mol. The highest BCUT2D eigenvalue weighted by molar-refractivity contribution is 5.81. The Morgan fingerprint density at radius 1 is 1.00 bits per heavy atom. The molecule has 1 heterocycles. The number of nitrogens with zero attached hydrogens (tertiary/aromatic N) is 1. The second-order valence-electron chi connectivity index (χ2n) is 15.4. The van der Waals surface area contributed by atoms with E-state index in [1.54, 1.807) is 34.6 Å². The van der Waals surface area contributed by atoms with Gasteiger partial charge in [-0.1, -0.05) is 51.5 Å². The maximum Gasteiger partial charge on any atom is 0.508 e. The summed E-state index contributed by atoms with van der Waals surface area (Å²) in [6.45, 7) is 13.5. The molecular formula is C37H52N2O7. The second kappa shape index (κ2) is 13.4. The van der Waals surface area contributed by atoms with Crippen molar-refractivity contribution < 1.29 is 33.3 Å². The molecule has 0 spiro atoms. The van der Waals surface area contributed by atoms with Crippen molar-refractivity contribution in [1.82, 2.24) is 10.3 Å². The van der Waals surface area contributed by atoms with E-state index in [9.17, 15) is 14.4 Å². The van der Waals surface area contributed by atoms with E-state index in [0.29, 0.717) is 17.8 Å². The van der Waals surface area contributed by atoms with Gasteiger partial charge in [0.25, 0.3) is 0 Å². The summed E-state index contributed by atoms with van der Waals surface area (Å²) >= 11 is 0. The molecule has 0 aliphatic heterocycles. The van der Waals surface area contributed by atoms with Crippen LogP contribution in [0.1, 0.15) is 99.0 Å². The van der Waals surface area contributed by atoms with Crippen molar-refractivity contribution >= 4 is 23.8 Å². The van der Waals surface area contributed by atoms with Crippen LogP contribution in [0.3, 0.4) is 0 Å². The van der Waals surface area contributed by atoms with Gasteiger partial charge in [0, 0.05) is 18.8 Å². The summed E-state index contributed by atoms with van der Waals surface area (Å²) in [6, 6.07) is 3.36. The molecule has 7 atom stereocenters. The van der Waals surface area contributed by atoms with Gasteiger partial charge in [0.05, 0.1) is 0 Å². The highest BCUT2D eigenvalue weighted by atomic mass is 16.7. The van der Waals surface area contributed by atoms with E-state index >= 15 is 0 Å². The van der Waals surface area contributed by atoms with Gasteiger partial charge in [-0.05, 0) is 111 Å². The van der Waals surface area contributed by atoms with Gasteiger partial charge in [-0.25, -0.2) is 14.4 Å². The molecule has 2 fully saturated rings. The Morgan fingerprint density at radius 2 is 1.74 bits per heavy atom. The van der Waals surface area contributed by atoms with Crippen LogP contribution in [0.2, 0.25) is 0 Å². The summed E-state index contributed by atoms with van der Waals surface area (Å²) in [5.41, 5.74) is 3.79. The third-order valence-electron chi connectivity index (χ3n) is 11.0. The van der Waals surface area contributed by atoms with Crippen LogP contribution in [0, 0.1) is 34.5 Å². The molecule has 46 heavy (non-hydrogen) atoms. The molecule has 0 saturated heterocycles. The van der Waals surface area contributed by atoms with E-state index in [1.165, 1.54) is 29.6 Å². The molecule has 4 aliphatic rings. The minimum Gasteiger partial charge on any atom is -0.461 e. The van der Waals surface area contributed by atoms with Crippen molar-refractivity contribution in [3.63, 3.8) is 0 Å². The topological polar surface area (TPSA) is 113 Å². The lowest BCUT2D eigenvalue weighted by Gasteiger charge is -2.57. The quantitative estimate of drug-likeness (QED) is 0.134. The fourth-order valence-electron chi connectivity index (χ4n) is 8.72. The van der Waals surface area contributed by atoms with Crippen LogP contribution in [-0.2, 0) is 23.7 Å². The molecule has 252 valence electrons. The molecule has 1 N–H and O–H groups in total. The Kier molecular flexibility index (Phi) is 9.90. The van der Waals surface area contributed by atoms with Gasteiger partial charge in [-0.3, -0.25) is 4.98 Å². The van der Waals surface area contributed by atoms with Gasteiger partial charge in [-0.2, -0.15) is 0 Å². The van der Waals surface area contributed by atoms with Crippen LogP contribution in [0.5, 0.6) is 0 Å². The van der Waals surface area contributed by atoms with Gasteiger partial charge in [-0.15, -0.1) is 0 Å². The normalized spacial score (nSPS) is 30.9. The molecule has 1 amide bonds. The number of rotatable bonds is 8. The number of carbonyl (C=O) groups excluding carboxylic acids is 3. The molecule has 1 aromatic rings. The van der Waals surface area contributed by atoms with E-state index in [-0.39, 0.29) is 36.1 Å². The molecule has 1 aromatic heterocycles. The average Bonchev–Trinajstić information content (AvgIpc) is 3.35. The number of pyridine rings is 1. The smallest absolute Gasteiger partial charge is 0.461 e. The zero-order chi connectivity index (χ0) is 33.3. The number of fused-ring (bicyclic) bond motifs is 5. The summed E-state index contributed by atoms with van der Waals surface area (Å²) in [7, 11) is 0. The van der Waals surface area contributed by atoms with E-state index in [4.69, 9.17) is 18.9 Å². The van der Waals surface area contributed by atoms with Crippen molar-refractivity contribution in [2.75, 3.05) is 13.2 Å². The zero-order valence-electron chi connectivity index (χ0n) is 28.6. The fourth-order valence-corrected chi connectivity index (χ4v) is 8.72.